The van der Waals surface area contributed by atoms with Crippen LogP contribution in [0.2, 0.25) is 0 Å². The average molecular weight is 238 g/mol. The number of carbonyl (C=O) groups is 1. The van der Waals surface area contributed by atoms with Crippen LogP contribution in [0.1, 0.15) is 5.56 Å². The molecule has 3 heteroatoms. The minimum atomic E-state index is -0.163. The van der Waals surface area contributed by atoms with E-state index in [4.69, 9.17) is 5.73 Å². The summed E-state index contributed by atoms with van der Waals surface area (Å²) in [6.45, 7) is 0. The van der Waals surface area contributed by atoms with Gasteiger partial charge in [0.05, 0.1) is 0 Å². The van der Waals surface area contributed by atoms with Crippen LogP contribution in [-0.4, -0.2) is 5.91 Å². The maximum Gasteiger partial charge on any atom is 0.248 e. The largest absolute Gasteiger partial charge is 0.399 e. The number of benzene rings is 2. The van der Waals surface area contributed by atoms with Gasteiger partial charge < -0.3 is 11.1 Å². The summed E-state index contributed by atoms with van der Waals surface area (Å²) in [4.78, 5) is 11.6. The summed E-state index contributed by atoms with van der Waals surface area (Å²) < 4.78 is 0. The third kappa shape index (κ3) is 3.49. The topological polar surface area (TPSA) is 55.1 Å². The van der Waals surface area contributed by atoms with Crippen molar-refractivity contribution in [2.75, 3.05) is 11.1 Å². The van der Waals surface area contributed by atoms with Crippen molar-refractivity contribution in [1.29, 1.82) is 0 Å². The number of anilines is 2. The molecule has 2 aromatic carbocycles. The first-order valence-electron chi connectivity index (χ1n) is 5.64. The second kappa shape index (κ2) is 5.68. The molecule has 0 saturated carbocycles. The molecule has 3 N–H and O–H groups in total. The molecule has 0 aliphatic heterocycles. The molecule has 0 aliphatic carbocycles. The fourth-order valence-electron chi connectivity index (χ4n) is 1.49. The maximum atomic E-state index is 11.6. The van der Waals surface area contributed by atoms with E-state index in [0.717, 1.165) is 11.3 Å². The highest BCUT2D eigenvalue weighted by atomic mass is 16.1. The molecule has 0 unspecified atom stereocenters. The summed E-state index contributed by atoms with van der Waals surface area (Å²) in [6, 6.07) is 16.7. The van der Waals surface area contributed by atoms with Crippen LogP contribution in [0.3, 0.4) is 0 Å². The maximum absolute atomic E-state index is 11.6. The van der Waals surface area contributed by atoms with Gasteiger partial charge in [-0.1, -0.05) is 30.3 Å². The van der Waals surface area contributed by atoms with E-state index in [1.54, 1.807) is 30.3 Å². The Kier molecular flexibility index (Phi) is 3.76. The van der Waals surface area contributed by atoms with Crippen molar-refractivity contribution < 1.29 is 4.79 Å². The second-order valence-electron chi connectivity index (χ2n) is 3.86. The zero-order chi connectivity index (χ0) is 12.8. The highest BCUT2D eigenvalue weighted by Crippen LogP contribution is 2.10. The quantitative estimate of drug-likeness (QED) is 0.638. The molecular weight excluding hydrogens is 224 g/mol. The molecule has 0 bridgehead atoms. The number of nitrogens with two attached hydrogens (primary N) is 1. The minimum Gasteiger partial charge on any atom is -0.399 e. The number of nitrogens with one attached hydrogen (secondary N) is 1. The van der Waals surface area contributed by atoms with Crippen molar-refractivity contribution in [3.8, 4) is 0 Å². The SMILES string of the molecule is Nc1ccc(NC(=O)C=Cc2ccccc2)cc1. The van der Waals surface area contributed by atoms with E-state index in [1.807, 2.05) is 30.3 Å². The van der Waals surface area contributed by atoms with Gasteiger partial charge in [0.25, 0.3) is 0 Å². The van der Waals surface area contributed by atoms with E-state index < -0.39 is 0 Å². The summed E-state index contributed by atoms with van der Waals surface area (Å²) >= 11 is 0. The summed E-state index contributed by atoms with van der Waals surface area (Å²) in [6.07, 6.45) is 3.28. The number of hydrogen-bond acceptors (Lipinski definition) is 2. The fraction of sp³-hybridized carbons (Fsp3) is 0. The van der Waals surface area contributed by atoms with Crippen LogP contribution in [0, 0.1) is 0 Å². The first-order chi connectivity index (χ1) is 8.74. The van der Waals surface area contributed by atoms with Crippen LogP contribution >= 0.6 is 0 Å². The third-order valence-electron chi connectivity index (χ3n) is 2.40. The Bertz CT molecular complexity index is 544. The predicted octanol–water partition coefficient (Wildman–Crippen LogP) is 2.92. The van der Waals surface area contributed by atoms with Gasteiger partial charge in [0.1, 0.15) is 0 Å². The van der Waals surface area contributed by atoms with Gasteiger partial charge in [0.2, 0.25) is 5.91 Å². The van der Waals surface area contributed by atoms with Crippen molar-refractivity contribution in [1.82, 2.24) is 0 Å². The van der Waals surface area contributed by atoms with Gasteiger partial charge in [-0.05, 0) is 35.9 Å². The van der Waals surface area contributed by atoms with Crippen molar-refractivity contribution in [2.45, 2.75) is 0 Å². The molecule has 18 heavy (non-hydrogen) atoms. The van der Waals surface area contributed by atoms with E-state index in [2.05, 4.69) is 5.32 Å². The molecule has 0 fully saturated rings. The highest BCUT2D eigenvalue weighted by Gasteiger charge is 1.97. The number of carbonyl (C=O) groups excluding carboxylic acids is 1. The van der Waals surface area contributed by atoms with E-state index >= 15 is 0 Å². The lowest BCUT2D eigenvalue weighted by molar-refractivity contribution is -0.111. The van der Waals surface area contributed by atoms with E-state index in [1.165, 1.54) is 6.08 Å². The van der Waals surface area contributed by atoms with Crippen molar-refractivity contribution in [2.24, 2.45) is 0 Å². The summed E-state index contributed by atoms with van der Waals surface area (Å²) in [5, 5.41) is 2.76. The summed E-state index contributed by atoms with van der Waals surface area (Å²) in [5.41, 5.74) is 7.96. The van der Waals surface area contributed by atoms with Crippen LogP contribution in [0.5, 0.6) is 0 Å². The summed E-state index contributed by atoms with van der Waals surface area (Å²) in [7, 11) is 0. The molecule has 0 radical (unpaired) electrons. The lowest BCUT2D eigenvalue weighted by Gasteiger charge is -2.02. The molecule has 0 atom stereocenters. The molecule has 2 aromatic rings. The van der Waals surface area contributed by atoms with Crippen molar-refractivity contribution in [3.05, 3.63) is 66.2 Å². The average Bonchev–Trinajstić information content (AvgIpc) is 2.40. The Balaban J connectivity index is 1.97. The summed E-state index contributed by atoms with van der Waals surface area (Å²) in [5.74, 6) is -0.163. The van der Waals surface area contributed by atoms with Gasteiger partial charge in [-0.3, -0.25) is 4.79 Å². The standard InChI is InChI=1S/C15H14N2O/c16-13-7-9-14(10-8-13)17-15(18)11-6-12-4-2-1-3-5-12/h1-11H,16H2,(H,17,18). The molecule has 0 aliphatic rings. The van der Waals surface area contributed by atoms with E-state index in [9.17, 15) is 4.79 Å². The Morgan fingerprint density at radius 2 is 1.67 bits per heavy atom. The smallest absolute Gasteiger partial charge is 0.248 e. The molecular formula is C15H14N2O. The van der Waals surface area contributed by atoms with Crippen LogP contribution in [0.4, 0.5) is 11.4 Å². The number of amides is 1. The van der Waals surface area contributed by atoms with Crippen LogP contribution in [0.25, 0.3) is 6.08 Å². The lowest BCUT2D eigenvalue weighted by Crippen LogP contribution is -2.07. The predicted molar refractivity (Wildman–Crippen MR) is 75.0 cm³/mol. The van der Waals surface area contributed by atoms with E-state index in [-0.39, 0.29) is 5.91 Å². The van der Waals surface area contributed by atoms with Crippen molar-refractivity contribution in [3.63, 3.8) is 0 Å². The Labute approximate surface area is 106 Å². The minimum absolute atomic E-state index is 0.163. The highest BCUT2D eigenvalue weighted by molar-refractivity contribution is 6.01. The normalized spacial score (nSPS) is 10.4. The number of hydrogen-bond donors (Lipinski definition) is 2. The zero-order valence-electron chi connectivity index (χ0n) is 9.84. The first-order valence-corrected chi connectivity index (χ1v) is 5.64. The monoisotopic (exact) mass is 238 g/mol. The van der Waals surface area contributed by atoms with E-state index in [0.29, 0.717) is 5.69 Å². The molecule has 3 nitrogen and oxygen atoms in total. The zero-order valence-corrected chi connectivity index (χ0v) is 9.84. The number of nitrogen functional groups attached to an aromatic ring is 1. The molecule has 90 valence electrons. The molecule has 0 aromatic heterocycles. The first kappa shape index (κ1) is 11.9. The van der Waals surface area contributed by atoms with Crippen molar-refractivity contribution >= 4 is 23.4 Å². The van der Waals surface area contributed by atoms with Crippen LogP contribution in [0.15, 0.2) is 60.7 Å². The van der Waals surface area contributed by atoms with Gasteiger partial charge in [-0.2, -0.15) is 0 Å². The van der Waals surface area contributed by atoms with Gasteiger partial charge in [0.15, 0.2) is 0 Å². The van der Waals surface area contributed by atoms with Crippen LogP contribution in [-0.2, 0) is 4.79 Å². The third-order valence-corrected chi connectivity index (χ3v) is 2.40. The molecule has 2 rings (SSSR count). The molecule has 0 spiro atoms. The van der Waals surface area contributed by atoms with Gasteiger partial charge >= 0.3 is 0 Å². The molecule has 1 amide bonds. The molecule has 0 heterocycles. The fourth-order valence-corrected chi connectivity index (χ4v) is 1.49. The Morgan fingerprint density at radius 3 is 2.33 bits per heavy atom. The second-order valence-corrected chi connectivity index (χ2v) is 3.86. The van der Waals surface area contributed by atoms with Gasteiger partial charge in [-0.15, -0.1) is 0 Å². The Morgan fingerprint density at radius 1 is 1.00 bits per heavy atom. The van der Waals surface area contributed by atoms with Crippen LogP contribution < -0.4 is 11.1 Å². The van der Waals surface area contributed by atoms with Gasteiger partial charge in [0, 0.05) is 17.5 Å². The molecule has 0 saturated heterocycles. The van der Waals surface area contributed by atoms with Gasteiger partial charge in [-0.25, -0.2) is 0 Å². The Hall–Kier alpha value is -2.55. The number of rotatable bonds is 3. The lowest BCUT2D eigenvalue weighted by atomic mass is 10.2.